The van der Waals surface area contributed by atoms with Gasteiger partial charge in [0, 0.05) is 42.0 Å². The van der Waals surface area contributed by atoms with E-state index >= 15 is 0 Å². The minimum atomic E-state index is 0.0372. The molecule has 1 atom stereocenters. The summed E-state index contributed by atoms with van der Waals surface area (Å²) in [4.78, 5) is 28.8. The molecule has 8 nitrogen and oxygen atoms in total. The van der Waals surface area contributed by atoms with Crippen LogP contribution < -0.4 is 5.32 Å². The molecule has 0 saturated heterocycles. The van der Waals surface area contributed by atoms with Gasteiger partial charge in [0.05, 0.1) is 17.1 Å². The van der Waals surface area contributed by atoms with Gasteiger partial charge in [-0.2, -0.15) is 5.10 Å². The highest BCUT2D eigenvalue weighted by atomic mass is 32.1. The van der Waals surface area contributed by atoms with Crippen LogP contribution in [0.25, 0.3) is 21.1 Å². The molecule has 5 rings (SSSR count). The fourth-order valence-electron chi connectivity index (χ4n) is 4.83. The molecular formula is C25H31N7OS. The number of hydrogen-bond donors (Lipinski definition) is 2. The third-order valence-electron chi connectivity index (χ3n) is 6.92. The normalized spacial score (nSPS) is 15.7. The average Bonchev–Trinajstić information content (AvgIpc) is 3.48. The minimum Gasteiger partial charge on any atom is -0.344 e. The molecule has 34 heavy (non-hydrogen) atoms. The lowest BCUT2D eigenvalue weighted by atomic mass is 9.87. The lowest BCUT2D eigenvalue weighted by molar-refractivity contribution is -0.134. The van der Waals surface area contributed by atoms with Crippen molar-refractivity contribution in [2.24, 2.45) is 5.92 Å². The predicted molar refractivity (Wildman–Crippen MR) is 138 cm³/mol. The highest BCUT2D eigenvalue weighted by molar-refractivity contribution is 7.19. The lowest BCUT2D eigenvalue weighted by Gasteiger charge is -2.28. The van der Waals surface area contributed by atoms with Gasteiger partial charge < -0.3 is 15.1 Å². The third-order valence-corrected chi connectivity index (χ3v) is 8.08. The van der Waals surface area contributed by atoms with Gasteiger partial charge in [-0.05, 0) is 56.1 Å². The van der Waals surface area contributed by atoms with Gasteiger partial charge in [0.15, 0.2) is 0 Å². The number of rotatable bonds is 8. The van der Waals surface area contributed by atoms with Crippen LogP contribution in [0, 0.1) is 5.92 Å². The Morgan fingerprint density at radius 2 is 2.09 bits per heavy atom. The van der Waals surface area contributed by atoms with E-state index in [0.29, 0.717) is 0 Å². The van der Waals surface area contributed by atoms with Gasteiger partial charge in [-0.1, -0.05) is 13.8 Å². The van der Waals surface area contributed by atoms with Crippen molar-refractivity contribution < 1.29 is 4.79 Å². The number of hydrogen-bond acceptors (Lipinski definition) is 7. The first-order chi connectivity index (χ1) is 16.6. The average molecular weight is 478 g/mol. The van der Waals surface area contributed by atoms with Crippen LogP contribution in [0.15, 0.2) is 30.7 Å². The molecule has 1 aromatic carbocycles. The van der Waals surface area contributed by atoms with Crippen molar-refractivity contribution in [3.8, 4) is 0 Å². The Kier molecular flexibility index (Phi) is 6.47. The Bertz CT molecular complexity index is 1310. The summed E-state index contributed by atoms with van der Waals surface area (Å²) >= 11 is 1.70. The van der Waals surface area contributed by atoms with Gasteiger partial charge in [-0.15, -0.1) is 11.3 Å². The van der Waals surface area contributed by atoms with Gasteiger partial charge in [0.25, 0.3) is 0 Å². The number of carbonyl (C=O) groups excluding carboxylic acids is 1. The van der Waals surface area contributed by atoms with Gasteiger partial charge in [0.2, 0.25) is 5.91 Å². The second kappa shape index (κ2) is 9.68. The van der Waals surface area contributed by atoms with Gasteiger partial charge in [-0.3, -0.25) is 9.89 Å². The van der Waals surface area contributed by atoms with Crippen molar-refractivity contribution in [3.05, 3.63) is 41.2 Å². The Morgan fingerprint density at radius 3 is 2.91 bits per heavy atom. The number of fused-ring (bicyclic) bond motifs is 4. The number of benzene rings is 1. The Labute approximate surface area is 203 Å². The molecule has 4 aromatic rings. The zero-order chi connectivity index (χ0) is 23.7. The van der Waals surface area contributed by atoms with Gasteiger partial charge >= 0.3 is 0 Å². The number of H-pyrrole nitrogens is 1. The molecule has 1 aliphatic carbocycles. The smallest absolute Gasteiger partial charge is 0.225 e. The first kappa shape index (κ1) is 22.7. The number of carbonyl (C=O) groups is 1. The summed E-state index contributed by atoms with van der Waals surface area (Å²) in [6.45, 7) is 8.05. The molecule has 178 valence electrons. The summed E-state index contributed by atoms with van der Waals surface area (Å²) < 4.78 is 0. The summed E-state index contributed by atoms with van der Waals surface area (Å²) in [7, 11) is 1.94. The molecule has 0 spiro atoms. The number of amides is 1. The van der Waals surface area contributed by atoms with Crippen molar-refractivity contribution >= 4 is 49.9 Å². The Hall–Kier alpha value is -3.04. The molecule has 0 radical (unpaired) electrons. The molecule has 9 heteroatoms. The highest BCUT2D eigenvalue weighted by Crippen LogP contribution is 2.40. The number of aromatic nitrogens is 4. The van der Waals surface area contributed by atoms with E-state index in [9.17, 15) is 4.79 Å². The molecule has 0 saturated carbocycles. The summed E-state index contributed by atoms with van der Waals surface area (Å²) in [6.07, 6.45) is 5.96. The fraction of sp³-hybridized carbons (Fsp3) is 0.440. The fourth-order valence-corrected chi connectivity index (χ4v) is 6.09. The Morgan fingerprint density at radius 1 is 1.24 bits per heavy atom. The maximum atomic E-state index is 13.2. The van der Waals surface area contributed by atoms with E-state index in [0.717, 1.165) is 78.1 Å². The number of anilines is 2. The second-order valence-electron chi connectivity index (χ2n) is 8.93. The summed E-state index contributed by atoms with van der Waals surface area (Å²) in [5, 5.41) is 12.7. The largest absolute Gasteiger partial charge is 0.344 e. The van der Waals surface area contributed by atoms with E-state index in [4.69, 9.17) is 0 Å². The molecule has 3 heterocycles. The van der Waals surface area contributed by atoms with E-state index in [1.165, 1.54) is 10.4 Å². The van der Waals surface area contributed by atoms with Crippen LogP contribution >= 0.6 is 11.3 Å². The van der Waals surface area contributed by atoms with E-state index in [1.807, 2.05) is 30.3 Å². The standard InChI is InChI=1S/C25H31N7OS/c1-4-32(5-2)11-10-31(3)25(33)16-6-8-19-21(13-16)34-24-22(19)23(26-15-27-24)29-18-7-9-20-17(12-18)14-28-30-20/h7,9,12,14-16H,4-6,8,10-11,13H2,1-3H3,(H,28,30)(H,26,27,29)/t16-/m0/s1. The first-order valence-electron chi connectivity index (χ1n) is 12.0. The molecular weight excluding hydrogens is 446 g/mol. The first-order valence-corrected chi connectivity index (χ1v) is 12.8. The Balaban J connectivity index is 1.34. The maximum Gasteiger partial charge on any atom is 0.225 e. The number of aromatic amines is 1. The van der Waals surface area contributed by atoms with Crippen molar-refractivity contribution in [2.45, 2.75) is 33.1 Å². The molecule has 0 aliphatic heterocycles. The van der Waals surface area contributed by atoms with E-state index in [1.54, 1.807) is 17.7 Å². The molecule has 3 aromatic heterocycles. The van der Waals surface area contributed by atoms with Gasteiger partial charge in [0.1, 0.15) is 17.0 Å². The monoisotopic (exact) mass is 477 g/mol. The van der Waals surface area contributed by atoms with Crippen LogP contribution in [-0.2, 0) is 17.6 Å². The van der Waals surface area contributed by atoms with Crippen molar-refractivity contribution in [3.63, 3.8) is 0 Å². The van der Waals surface area contributed by atoms with Crippen LogP contribution in [0.2, 0.25) is 0 Å². The summed E-state index contributed by atoms with van der Waals surface area (Å²) in [5.74, 6) is 1.12. The zero-order valence-corrected chi connectivity index (χ0v) is 20.8. The van der Waals surface area contributed by atoms with E-state index in [-0.39, 0.29) is 11.8 Å². The number of thiophene rings is 1. The molecule has 1 amide bonds. The number of aryl methyl sites for hydroxylation is 1. The van der Waals surface area contributed by atoms with Gasteiger partial charge in [-0.25, -0.2) is 9.97 Å². The van der Waals surface area contributed by atoms with E-state index < -0.39 is 0 Å². The van der Waals surface area contributed by atoms with Crippen LogP contribution in [0.4, 0.5) is 11.5 Å². The van der Waals surface area contributed by atoms with E-state index in [2.05, 4.69) is 50.3 Å². The van der Waals surface area contributed by atoms with Crippen LogP contribution in [0.1, 0.15) is 30.7 Å². The number of likely N-dealkylation sites (N-methyl/N-ethyl adjacent to an activating group) is 2. The second-order valence-corrected chi connectivity index (χ2v) is 10.0. The zero-order valence-electron chi connectivity index (χ0n) is 20.0. The number of nitrogens with one attached hydrogen (secondary N) is 2. The highest BCUT2D eigenvalue weighted by Gasteiger charge is 2.30. The van der Waals surface area contributed by atoms with Crippen LogP contribution in [0.5, 0.6) is 0 Å². The topological polar surface area (TPSA) is 90.0 Å². The molecule has 2 N–H and O–H groups in total. The van der Waals surface area contributed by atoms with Crippen LogP contribution in [-0.4, -0.2) is 69.1 Å². The summed E-state index contributed by atoms with van der Waals surface area (Å²) in [6, 6.07) is 6.10. The third kappa shape index (κ3) is 4.37. The lowest BCUT2D eigenvalue weighted by Crippen LogP contribution is -2.40. The van der Waals surface area contributed by atoms with Crippen LogP contribution in [0.3, 0.4) is 0 Å². The maximum absolute atomic E-state index is 13.2. The predicted octanol–water partition coefficient (Wildman–Crippen LogP) is 4.22. The molecule has 1 aliphatic rings. The molecule has 0 bridgehead atoms. The van der Waals surface area contributed by atoms with Crippen molar-refractivity contribution in [2.75, 3.05) is 38.5 Å². The minimum absolute atomic E-state index is 0.0372. The molecule has 0 fully saturated rings. The van der Waals surface area contributed by atoms with Crippen molar-refractivity contribution in [1.29, 1.82) is 0 Å². The SMILES string of the molecule is CCN(CC)CCN(C)C(=O)[C@H]1CCc2c(sc3ncnc(Nc4ccc5[nH]ncc5c4)c23)C1. The molecule has 0 unspecified atom stereocenters. The summed E-state index contributed by atoms with van der Waals surface area (Å²) in [5.41, 5.74) is 3.26. The van der Waals surface area contributed by atoms with Crippen molar-refractivity contribution in [1.82, 2.24) is 30.0 Å². The quantitative estimate of drug-likeness (QED) is 0.395. The number of nitrogens with zero attached hydrogens (tertiary/aromatic N) is 5.